The van der Waals surface area contributed by atoms with E-state index in [-0.39, 0.29) is 22.8 Å². The summed E-state index contributed by atoms with van der Waals surface area (Å²) in [4.78, 5) is 10.7. The highest BCUT2D eigenvalue weighted by atomic mass is 35.5. The summed E-state index contributed by atoms with van der Waals surface area (Å²) in [6.45, 7) is 0. The minimum atomic E-state index is -4.65. The number of hydrogen-bond acceptors (Lipinski definition) is 2. The van der Waals surface area contributed by atoms with E-state index in [2.05, 4.69) is 0 Å². The Morgan fingerprint density at radius 3 is 2.33 bits per heavy atom. The van der Waals surface area contributed by atoms with E-state index in [0.29, 0.717) is 5.02 Å². The molecule has 0 fully saturated rings. The zero-order valence-corrected chi connectivity index (χ0v) is 11.8. The standard InChI is InChI=1S/C14H7Cl2F3O2/c15-9-2-4-13(12(16)5-9)21-10-3-1-8(7-20)11(6-10)14(17,18)19/h1-7H. The third-order valence-corrected chi connectivity index (χ3v) is 3.11. The van der Waals surface area contributed by atoms with Crippen LogP contribution in [0.15, 0.2) is 36.4 Å². The Bertz CT molecular complexity index is 684. The molecule has 2 aromatic carbocycles. The molecule has 0 aliphatic rings. The van der Waals surface area contributed by atoms with Gasteiger partial charge in [-0.2, -0.15) is 13.2 Å². The lowest BCUT2D eigenvalue weighted by Gasteiger charge is -2.13. The minimum Gasteiger partial charge on any atom is -0.456 e. The SMILES string of the molecule is O=Cc1ccc(Oc2ccc(Cl)cc2Cl)cc1C(F)(F)F. The van der Waals surface area contributed by atoms with Crippen molar-refractivity contribution in [3.63, 3.8) is 0 Å². The van der Waals surface area contributed by atoms with Gasteiger partial charge in [0.1, 0.15) is 11.5 Å². The first-order valence-corrected chi connectivity index (χ1v) is 6.36. The third kappa shape index (κ3) is 3.68. The summed E-state index contributed by atoms with van der Waals surface area (Å²) in [6.07, 6.45) is -4.51. The highest BCUT2D eigenvalue weighted by molar-refractivity contribution is 6.35. The van der Waals surface area contributed by atoms with Crippen LogP contribution in [-0.4, -0.2) is 6.29 Å². The van der Waals surface area contributed by atoms with Crippen LogP contribution < -0.4 is 4.74 Å². The normalized spacial score (nSPS) is 11.3. The van der Waals surface area contributed by atoms with Crippen molar-refractivity contribution in [2.75, 3.05) is 0 Å². The number of carbonyl (C=O) groups excluding carboxylic acids is 1. The summed E-state index contributed by atoms with van der Waals surface area (Å²) >= 11 is 11.6. The van der Waals surface area contributed by atoms with E-state index in [1.165, 1.54) is 24.3 Å². The molecule has 7 heteroatoms. The van der Waals surface area contributed by atoms with Gasteiger partial charge in [-0.05, 0) is 36.4 Å². The maximum Gasteiger partial charge on any atom is 0.417 e. The van der Waals surface area contributed by atoms with Gasteiger partial charge < -0.3 is 4.74 Å². The fourth-order valence-electron chi connectivity index (χ4n) is 1.63. The number of benzene rings is 2. The topological polar surface area (TPSA) is 26.3 Å². The molecular formula is C14H7Cl2F3O2. The molecule has 2 aromatic rings. The molecule has 21 heavy (non-hydrogen) atoms. The molecule has 0 radical (unpaired) electrons. The average Bonchev–Trinajstić information content (AvgIpc) is 2.41. The van der Waals surface area contributed by atoms with Gasteiger partial charge in [0.2, 0.25) is 0 Å². The molecule has 0 heterocycles. The van der Waals surface area contributed by atoms with Gasteiger partial charge in [-0.1, -0.05) is 23.2 Å². The summed E-state index contributed by atoms with van der Waals surface area (Å²) < 4.78 is 43.8. The Balaban J connectivity index is 2.39. The van der Waals surface area contributed by atoms with Gasteiger partial charge in [-0.25, -0.2) is 0 Å². The summed E-state index contributed by atoms with van der Waals surface area (Å²) in [6, 6.07) is 7.37. The van der Waals surface area contributed by atoms with Crippen LogP contribution in [0.3, 0.4) is 0 Å². The Kier molecular flexibility index (Phi) is 4.44. The number of rotatable bonds is 3. The lowest BCUT2D eigenvalue weighted by atomic mass is 10.1. The number of hydrogen-bond donors (Lipinski definition) is 0. The number of ether oxygens (including phenoxy) is 1. The Hall–Kier alpha value is -1.72. The van der Waals surface area contributed by atoms with Crippen molar-refractivity contribution in [2.24, 2.45) is 0 Å². The second-order valence-corrected chi connectivity index (χ2v) is 4.89. The van der Waals surface area contributed by atoms with Crippen molar-refractivity contribution in [1.29, 1.82) is 0 Å². The highest BCUT2D eigenvalue weighted by Crippen LogP contribution is 2.36. The predicted octanol–water partition coefficient (Wildman–Crippen LogP) is 5.62. The van der Waals surface area contributed by atoms with Crippen LogP contribution >= 0.6 is 23.2 Å². The van der Waals surface area contributed by atoms with Crippen molar-refractivity contribution in [3.8, 4) is 11.5 Å². The maximum absolute atomic E-state index is 12.8. The zero-order valence-electron chi connectivity index (χ0n) is 10.2. The first kappa shape index (κ1) is 15.7. The minimum absolute atomic E-state index is 0.0860. The van der Waals surface area contributed by atoms with E-state index in [1.54, 1.807) is 0 Å². The van der Waals surface area contributed by atoms with Crippen LogP contribution in [0.4, 0.5) is 13.2 Å². The lowest BCUT2D eigenvalue weighted by Crippen LogP contribution is -2.09. The molecule has 0 aliphatic carbocycles. The number of alkyl halides is 3. The van der Waals surface area contributed by atoms with Gasteiger partial charge in [0.25, 0.3) is 0 Å². The fourth-order valence-corrected chi connectivity index (χ4v) is 2.08. The number of aldehydes is 1. The molecule has 2 nitrogen and oxygen atoms in total. The first-order chi connectivity index (χ1) is 9.81. The Labute approximate surface area is 128 Å². The first-order valence-electron chi connectivity index (χ1n) is 5.60. The van der Waals surface area contributed by atoms with E-state index in [1.807, 2.05) is 0 Å². The summed E-state index contributed by atoms with van der Waals surface area (Å²) in [5, 5.41) is 0.537. The average molecular weight is 335 g/mol. The second-order valence-electron chi connectivity index (χ2n) is 4.04. The number of halogens is 5. The molecule has 0 bridgehead atoms. The van der Waals surface area contributed by atoms with Crippen molar-refractivity contribution in [3.05, 3.63) is 57.6 Å². The van der Waals surface area contributed by atoms with Gasteiger partial charge in [-0.3, -0.25) is 4.79 Å². The molecule has 2 rings (SSSR count). The summed E-state index contributed by atoms with van der Waals surface area (Å²) in [7, 11) is 0. The predicted molar refractivity (Wildman–Crippen MR) is 73.4 cm³/mol. The van der Waals surface area contributed by atoms with Crippen molar-refractivity contribution < 1.29 is 22.7 Å². The molecule has 0 amide bonds. The number of carbonyl (C=O) groups is 1. The van der Waals surface area contributed by atoms with Crippen LogP contribution in [0.2, 0.25) is 10.0 Å². The van der Waals surface area contributed by atoms with E-state index in [0.717, 1.165) is 12.1 Å². The van der Waals surface area contributed by atoms with Crippen LogP contribution in [-0.2, 0) is 6.18 Å². The zero-order chi connectivity index (χ0) is 15.6. The molecule has 0 atom stereocenters. The van der Waals surface area contributed by atoms with E-state index >= 15 is 0 Å². The van der Waals surface area contributed by atoms with E-state index in [9.17, 15) is 18.0 Å². The van der Waals surface area contributed by atoms with Crippen LogP contribution in [0.25, 0.3) is 0 Å². The van der Waals surface area contributed by atoms with E-state index in [4.69, 9.17) is 27.9 Å². The lowest BCUT2D eigenvalue weighted by molar-refractivity contribution is -0.137. The van der Waals surface area contributed by atoms with Crippen molar-refractivity contribution in [1.82, 2.24) is 0 Å². The molecule has 0 saturated carbocycles. The monoisotopic (exact) mass is 334 g/mol. The molecule has 110 valence electrons. The van der Waals surface area contributed by atoms with Gasteiger partial charge in [0.05, 0.1) is 10.6 Å². The fraction of sp³-hybridized carbons (Fsp3) is 0.0714. The van der Waals surface area contributed by atoms with Gasteiger partial charge >= 0.3 is 6.18 Å². The van der Waals surface area contributed by atoms with Gasteiger partial charge in [0, 0.05) is 10.6 Å². The molecule has 0 aromatic heterocycles. The van der Waals surface area contributed by atoms with E-state index < -0.39 is 17.3 Å². The van der Waals surface area contributed by atoms with Gasteiger partial charge in [0.15, 0.2) is 6.29 Å². The van der Waals surface area contributed by atoms with Crippen molar-refractivity contribution >= 4 is 29.5 Å². The smallest absolute Gasteiger partial charge is 0.417 e. The molecular weight excluding hydrogens is 328 g/mol. The van der Waals surface area contributed by atoms with Gasteiger partial charge in [-0.15, -0.1) is 0 Å². The Morgan fingerprint density at radius 2 is 1.76 bits per heavy atom. The molecule has 0 unspecified atom stereocenters. The van der Waals surface area contributed by atoms with Crippen LogP contribution in [0.1, 0.15) is 15.9 Å². The largest absolute Gasteiger partial charge is 0.456 e. The maximum atomic E-state index is 12.8. The third-order valence-electron chi connectivity index (χ3n) is 2.58. The van der Waals surface area contributed by atoms with Crippen LogP contribution in [0, 0.1) is 0 Å². The second kappa shape index (κ2) is 5.95. The quantitative estimate of drug-likeness (QED) is 0.681. The summed E-state index contributed by atoms with van der Waals surface area (Å²) in [5.74, 6) is 0.0743. The molecule has 0 spiro atoms. The van der Waals surface area contributed by atoms with Crippen molar-refractivity contribution in [2.45, 2.75) is 6.18 Å². The summed E-state index contributed by atoms with van der Waals surface area (Å²) in [5.41, 5.74) is -1.53. The highest BCUT2D eigenvalue weighted by Gasteiger charge is 2.33. The molecule has 0 aliphatic heterocycles. The molecule has 0 N–H and O–H groups in total. The Morgan fingerprint density at radius 1 is 1.05 bits per heavy atom. The molecule has 0 saturated heterocycles. The van der Waals surface area contributed by atoms with Crippen LogP contribution in [0.5, 0.6) is 11.5 Å².